The predicted molar refractivity (Wildman–Crippen MR) is 298 cm³/mol. The molecule has 2 aliphatic rings. The number of ether oxygens (including phenoxy) is 2. The van der Waals surface area contributed by atoms with Crippen LogP contribution in [0.5, 0.6) is 23.0 Å². The minimum atomic E-state index is 0.775. The van der Waals surface area contributed by atoms with E-state index in [4.69, 9.17) is 9.47 Å². The van der Waals surface area contributed by atoms with Crippen molar-refractivity contribution in [1.82, 2.24) is 0 Å². The average molecular weight is 925 g/mol. The molecular formula is C66H44N4O2. The topological polar surface area (TPSA) is 31.4 Å². The van der Waals surface area contributed by atoms with E-state index in [9.17, 15) is 0 Å². The van der Waals surface area contributed by atoms with Gasteiger partial charge in [-0.25, -0.2) is 0 Å². The maximum absolute atomic E-state index is 6.83. The maximum Gasteiger partial charge on any atom is 0.153 e. The van der Waals surface area contributed by atoms with Crippen LogP contribution in [-0.2, 0) is 0 Å². The van der Waals surface area contributed by atoms with Gasteiger partial charge < -0.3 is 29.1 Å². The summed E-state index contributed by atoms with van der Waals surface area (Å²) in [5, 5.41) is 7.11. The van der Waals surface area contributed by atoms with Crippen LogP contribution in [0, 0.1) is 0 Å². The molecule has 0 aromatic heterocycles. The van der Waals surface area contributed by atoms with E-state index in [0.29, 0.717) is 0 Å². The fourth-order valence-electron chi connectivity index (χ4n) is 10.7. The van der Waals surface area contributed by atoms with Crippen LogP contribution in [-0.4, -0.2) is 0 Å². The summed E-state index contributed by atoms with van der Waals surface area (Å²) in [5.41, 5.74) is 12.2. The van der Waals surface area contributed by atoms with Gasteiger partial charge in [0, 0.05) is 57.6 Å². The first kappa shape index (κ1) is 41.2. The van der Waals surface area contributed by atoms with Gasteiger partial charge in [0.05, 0.1) is 22.7 Å². The van der Waals surface area contributed by atoms with E-state index in [2.05, 4.69) is 274 Å². The van der Waals surface area contributed by atoms with Gasteiger partial charge in [-0.05, 0) is 154 Å². The third kappa shape index (κ3) is 6.88. The van der Waals surface area contributed by atoms with Crippen LogP contribution in [0.3, 0.4) is 0 Å². The smallest absolute Gasteiger partial charge is 0.153 e. The third-order valence-corrected chi connectivity index (χ3v) is 13.9. The number of benzene rings is 12. The number of anilines is 12. The first-order valence-corrected chi connectivity index (χ1v) is 24.3. The molecule has 12 aromatic carbocycles. The van der Waals surface area contributed by atoms with Gasteiger partial charge in [-0.3, -0.25) is 0 Å². The molecule has 0 spiro atoms. The van der Waals surface area contributed by atoms with Gasteiger partial charge >= 0.3 is 0 Å². The fraction of sp³-hybridized carbons (Fsp3) is 0. The molecular weight excluding hydrogens is 881 g/mol. The molecule has 12 aromatic rings. The molecule has 340 valence electrons. The zero-order valence-corrected chi connectivity index (χ0v) is 39.0. The van der Waals surface area contributed by atoms with Crippen molar-refractivity contribution < 1.29 is 9.47 Å². The Morgan fingerprint density at radius 2 is 0.542 bits per heavy atom. The summed E-state index contributed by atoms with van der Waals surface area (Å²) in [4.78, 5) is 9.23. The van der Waals surface area contributed by atoms with Crippen molar-refractivity contribution >= 4 is 101 Å². The molecule has 6 nitrogen and oxygen atoms in total. The average Bonchev–Trinajstić information content (AvgIpc) is 3.45. The highest BCUT2D eigenvalue weighted by Gasteiger charge is 2.30. The van der Waals surface area contributed by atoms with Gasteiger partial charge in [0.25, 0.3) is 0 Å². The van der Waals surface area contributed by atoms with Crippen LogP contribution < -0.4 is 29.1 Å². The molecule has 0 bridgehead atoms. The molecule has 72 heavy (non-hydrogen) atoms. The van der Waals surface area contributed by atoms with E-state index in [1.165, 1.54) is 21.5 Å². The molecule has 2 aliphatic heterocycles. The molecule has 2 heterocycles. The van der Waals surface area contributed by atoms with E-state index in [-0.39, 0.29) is 0 Å². The highest BCUT2D eigenvalue weighted by molar-refractivity contribution is 6.26. The Kier molecular flexibility index (Phi) is 9.74. The predicted octanol–water partition coefficient (Wildman–Crippen LogP) is 19.2. The molecule has 14 rings (SSSR count). The van der Waals surface area contributed by atoms with Crippen LogP contribution in [0.4, 0.5) is 68.2 Å². The maximum atomic E-state index is 6.83. The first-order chi connectivity index (χ1) is 35.7. The van der Waals surface area contributed by atoms with E-state index in [1.54, 1.807) is 0 Å². The summed E-state index contributed by atoms with van der Waals surface area (Å²) in [6.45, 7) is 0. The van der Waals surface area contributed by atoms with Crippen LogP contribution in [0.2, 0.25) is 0 Å². The minimum absolute atomic E-state index is 0.775. The minimum Gasteiger partial charge on any atom is -0.453 e. The Bertz CT molecular complexity index is 3680. The molecule has 0 fully saturated rings. The zero-order valence-electron chi connectivity index (χ0n) is 39.0. The number of fused-ring (bicyclic) bond motifs is 10. The lowest BCUT2D eigenvalue weighted by Gasteiger charge is -2.35. The molecule has 0 amide bonds. The van der Waals surface area contributed by atoms with Crippen molar-refractivity contribution in [3.05, 3.63) is 267 Å². The highest BCUT2D eigenvalue weighted by Crippen LogP contribution is 2.55. The quantitative estimate of drug-likeness (QED) is 0.141. The summed E-state index contributed by atoms with van der Waals surface area (Å²) >= 11 is 0. The molecule has 0 radical (unpaired) electrons. The second kappa shape index (κ2) is 17.0. The van der Waals surface area contributed by atoms with Crippen molar-refractivity contribution in [2.75, 3.05) is 19.6 Å². The summed E-state index contributed by atoms with van der Waals surface area (Å²) < 4.78 is 13.7. The number of hydrogen-bond donors (Lipinski definition) is 0. The van der Waals surface area contributed by atoms with Crippen molar-refractivity contribution in [1.29, 1.82) is 0 Å². The highest BCUT2D eigenvalue weighted by atomic mass is 16.5. The van der Waals surface area contributed by atoms with Crippen LogP contribution >= 0.6 is 0 Å². The monoisotopic (exact) mass is 924 g/mol. The second-order valence-corrected chi connectivity index (χ2v) is 18.1. The third-order valence-electron chi connectivity index (χ3n) is 13.9. The Balaban J connectivity index is 0.931. The number of nitrogens with zero attached hydrogens (tertiary/aromatic N) is 4. The van der Waals surface area contributed by atoms with E-state index in [0.717, 1.165) is 102 Å². The van der Waals surface area contributed by atoms with Crippen molar-refractivity contribution in [2.24, 2.45) is 0 Å². The molecule has 0 atom stereocenters. The van der Waals surface area contributed by atoms with Crippen LogP contribution in [0.15, 0.2) is 267 Å². The van der Waals surface area contributed by atoms with Gasteiger partial charge in [-0.2, -0.15) is 0 Å². The van der Waals surface area contributed by atoms with Crippen LogP contribution in [0.1, 0.15) is 0 Å². The molecule has 0 aliphatic carbocycles. The van der Waals surface area contributed by atoms with E-state index < -0.39 is 0 Å². The Labute approximate surface area is 417 Å². The lowest BCUT2D eigenvalue weighted by Crippen LogP contribution is -2.17. The fourth-order valence-corrected chi connectivity index (χ4v) is 10.7. The first-order valence-electron chi connectivity index (χ1n) is 24.3. The number of para-hydroxylation sites is 8. The molecule has 0 N–H and O–H groups in total. The second-order valence-electron chi connectivity index (χ2n) is 18.1. The van der Waals surface area contributed by atoms with E-state index >= 15 is 0 Å². The zero-order chi connectivity index (χ0) is 47.5. The van der Waals surface area contributed by atoms with Gasteiger partial charge in [0.15, 0.2) is 23.0 Å². The lowest BCUT2D eigenvalue weighted by atomic mass is 9.93. The van der Waals surface area contributed by atoms with Crippen molar-refractivity contribution in [2.45, 2.75) is 0 Å². The summed E-state index contributed by atoms with van der Waals surface area (Å²) in [6.07, 6.45) is 0. The van der Waals surface area contributed by atoms with Crippen LogP contribution in [0.25, 0.3) is 32.3 Å². The summed E-state index contributed by atoms with van der Waals surface area (Å²) in [6, 6.07) is 94.3. The van der Waals surface area contributed by atoms with Gasteiger partial charge in [0.2, 0.25) is 0 Å². The summed E-state index contributed by atoms with van der Waals surface area (Å²) in [5.74, 6) is 3.14. The van der Waals surface area contributed by atoms with Gasteiger partial charge in [-0.15, -0.1) is 0 Å². The van der Waals surface area contributed by atoms with Gasteiger partial charge in [0.1, 0.15) is 0 Å². The number of hydrogen-bond acceptors (Lipinski definition) is 6. The Morgan fingerprint density at radius 1 is 0.222 bits per heavy atom. The number of rotatable bonds is 8. The molecule has 0 saturated heterocycles. The molecule has 0 saturated carbocycles. The normalized spacial score (nSPS) is 12.3. The standard InChI is InChI=1S/C66H44N4O2/c1-5-19-45(20-6-1)67(46-21-7-2-8-22-46)51-35-39-61-65(43-51)71-63-31-17-15-29-59(63)69(61)49-33-37-55-53-27-13-14-28-54(53)56-38-34-50(42-58(56)57(55)41-49)70-60-30-16-18-32-64(60)72-66-44-52(36-40-62(66)70)68(47-23-9-3-10-24-47)48-25-11-4-12-26-48/h1-44H. The Morgan fingerprint density at radius 3 is 0.931 bits per heavy atom. The van der Waals surface area contributed by atoms with Crippen molar-refractivity contribution in [3.8, 4) is 23.0 Å². The van der Waals surface area contributed by atoms with Crippen molar-refractivity contribution in [3.63, 3.8) is 0 Å². The molecule has 0 unspecified atom stereocenters. The van der Waals surface area contributed by atoms with Gasteiger partial charge in [-0.1, -0.05) is 133 Å². The van der Waals surface area contributed by atoms with E-state index in [1.807, 2.05) is 12.1 Å². The SMILES string of the molecule is c1ccc(N(c2ccccc2)c2ccc3c(c2)Oc2ccccc2N3c2ccc3c4ccccc4c4ccc(N5c6ccccc6Oc6cc(N(c7ccccc7)c7ccccc7)ccc65)cc4c3c2)cc1. The molecule has 6 heteroatoms. The largest absolute Gasteiger partial charge is 0.453 e. The lowest BCUT2D eigenvalue weighted by molar-refractivity contribution is 0.477. The Hall–Kier alpha value is -9.78. The summed E-state index contributed by atoms with van der Waals surface area (Å²) in [7, 11) is 0.